The number of aryl methyl sites for hydroxylation is 1. The molecule has 26 heavy (non-hydrogen) atoms. The minimum atomic E-state index is 0.764. The van der Waals surface area contributed by atoms with E-state index in [9.17, 15) is 0 Å². The summed E-state index contributed by atoms with van der Waals surface area (Å²) in [4.78, 5) is 5.36. The van der Waals surface area contributed by atoms with Gasteiger partial charge in [-0.05, 0) is 48.3 Å². The van der Waals surface area contributed by atoms with E-state index in [1.807, 2.05) is 25.1 Å². The Balaban J connectivity index is 1.60. The second-order valence-corrected chi connectivity index (χ2v) is 8.78. The van der Waals surface area contributed by atoms with Crippen molar-refractivity contribution in [2.45, 2.75) is 32.7 Å². The predicted molar refractivity (Wildman–Crippen MR) is 117 cm³/mol. The van der Waals surface area contributed by atoms with Gasteiger partial charge in [0.05, 0.1) is 26.2 Å². The SMILES string of the molecule is Cc1ccc(NC(=S)N(CCC[NH+]2CCCC2)Cc2cccs2)cc1Cl. The van der Waals surface area contributed by atoms with Crippen LogP contribution in [0.4, 0.5) is 5.69 Å². The molecule has 0 bridgehead atoms. The van der Waals surface area contributed by atoms with E-state index < -0.39 is 0 Å². The molecule has 3 rings (SSSR count). The third-order valence-corrected chi connectivity index (χ3v) is 6.53. The van der Waals surface area contributed by atoms with Crippen molar-refractivity contribution >= 4 is 46.0 Å². The molecule has 1 aliphatic heterocycles. The van der Waals surface area contributed by atoms with E-state index in [2.05, 4.69) is 27.7 Å². The van der Waals surface area contributed by atoms with Crippen molar-refractivity contribution in [3.8, 4) is 0 Å². The highest BCUT2D eigenvalue weighted by Gasteiger charge is 2.17. The van der Waals surface area contributed by atoms with E-state index in [1.165, 1.54) is 37.4 Å². The monoisotopic (exact) mass is 408 g/mol. The topological polar surface area (TPSA) is 19.7 Å². The van der Waals surface area contributed by atoms with Gasteiger partial charge in [0.15, 0.2) is 5.11 Å². The molecular weight excluding hydrogens is 382 g/mol. The lowest BCUT2D eigenvalue weighted by molar-refractivity contribution is -0.887. The van der Waals surface area contributed by atoms with Gasteiger partial charge in [0.1, 0.15) is 0 Å². The molecule has 3 nitrogen and oxygen atoms in total. The number of halogens is 1. The Labute approximate surface area is 171 Å². The zero-order chi connectivity index (χ0) is 18.4. The second-order valence-electron chi connectivity index (χ2n) is 6.96. The minimum Gasteiger partial charge on any atom is -0.344 e. The third kappa shape index (κ3) is 5.68. The van der Waals surface area contributed by atoms with E-state index in [0.29, 0.717) is 0 Å². The third-order valence-electron chi connectivity index (χ3n) is 4.91. The molecule has 0 unspecified atom stereocenters. The van der Waals surface area contributed by atoms with Crippen LogP contribution in [0.5, 0.6) is 0 Å². The Kier molecular flexibility index (Phi) is 7.32. The molecule has 1 saturated heterocycles. The van der Waals surface area contributed by atoms with Crippen molar-refractivity contribution in [3.05, 3.63) is 51.2 Å². The van der Waals surface area contributed by atoms with Crippen molar-refractivity contribution in [2.75, 3.05) is 31.5 Å². The quantitative estimate of drug-likeness (QED) is 0.676. The summed E-state index contributed by atoms with van der Waals surface area (Å²) in [5, 5.41) is 7.03. The Morgan fingerprint density at radius 1 is 1.31 bits per heavy atom. The van der Waals surface area contributed by atoms with Gasteiger partial charge in [-0.1, -0.05) is 23.7 Å². The summed E-state index contributed by atoms with van der Waals surface area (Å²) in [5.41, 5.74) is 2.03. The number of hydrogen-bond acceptors (Lipinski definition) is 2. The van der Waals surface area contributed by atoms with Crippen molar-refractivity contribution < 1.29 is 4.90 Å². The number of anilines is 1. The highest BCUT2D eigenvalue weighted by atomic mass is 35.5. The summed E-state index contributed by atoms with van der Waals surface area (Å²) in [7, 11) is 0. The molecule has 1 aliphatic rings. The number of quaternary nitrogens is 1. The molecule has 0 spiro atoms. The molecule has 0 amide bonds. The summed E-state index contributed by atoms with van der Waals surface area (Å²) in [6.07, 6.45) is 3.92. The van der Waals surface area contributed by atoms with Gasteiger partial charge in [-0.2, -0.15) is 0 Å². The number of hydrogen-bond donors (Lipinski definition) is 2. The maximum absolute atomic E-state index is 6.25. The lowest BCUT2D eigenvalue weighted by atomic mass is 10.2. The summed E-state index contributed by atoms with van der Waals surface area (Å²) in [6.45, 7) is 7.74. The molecule has 1 aromatic heterocycles. The molecule has 140 valence electrons. The molecule has 1 aromatic carbocycles. The number of rotatable bonds is 7. The fourth-order valence-corrected chi connectivity index (χ4v) is 4.53. The number of thiophene rings is 1. The normalized spacial score (nSPS) is 14.5. The molecule has 2 N–H and O–H groups in total. The fourth-order valence-electron chi connectivity index (χ4n) is 3.36. The zero-order valence-corrected chi connectivity index (χ0v) is 17.7. The van der Waals surface area contributed by atoms with Crippen molar-refractivity contribution in [1.29, 1.82) is 0 Å². The summed E-state index contributed by atoms with van der Waals surface area (Å²) >= 11 is 13.8. The van der Waals surface area contributed by atoms with Crippen LogP contribution in [0.2, 0.25) is 5.02 Å². The highest BCUT2D eigenvalue weighted by Crippen LogP contribution is 2.21. The Morgan fingerprint density at radius 2 is 2.12 bits per heavy atom. The standard InChI is InChI=1S/C20H26ClN3S2/c1-16-7-8-17(14-19(16)21)22-20(25)24(15-18-6-4-13-26-18)12-5-11-23-9-2-3-10-23/h4,6-8,13-14H,2-3,5,9-12,15H2,1H3,(H,22,25)/p+1. The minimum absolute atomic E-state index is 0.764. The Bertz CT molecular complexity index is 712. The van der Waals surface area contributed by atoms with E-state index in [1.54, 1.807) is 16.2 Å². The van der Waals surface area contributed by atoms with Gasteiger partial charge in [-0.15, -0.1) is 11.3 Å². The van der Waals surface area contributed by atoms with Crippen LogP contribution < -0.4 is 10.2 Å². The van der Waals surface area contributed by atoms with Gasteiger partial charge in [0, 0.05) is 41.4 Å². The van der Waals surface area contributed by atoms with Gasteiger partial charge < -0.3 is 15.1 Å². The highest BCUT2D eigenvalue weighted by molar-refractivity contribution is 7.80. The predicted octanol–water partition coefficient (Wildman–Crippen LogP) is 3.98. The van der Waals surface area contributed by atoms with Gasteiger partial charge in [-0.3, -0.25) is 0 Å². The van der Waals surface area contributed by atoms with Crippen LogP contribution in [0.15, 0.2) is 35.7 Å². The van der Waals surface area contributed by atoms with E-state index in [-0.39, 0.29) is 0 Å². The van der Waals surface area contributed by atoms with E-state index in [0.717, 1.165) is 40.9 Å². The first kappa shape index (κ1) is 19.6. The first-order valence-electron chi connectivity index (χ1n) is 9.30. The summed E-state index contributed by atoms with van der Waals surface area (Å²) in [5.74, 6) is 0. The zero-order valence-electron chi connectivity index (χ0n) is 15.3. The van der Waals surface area contributed by atoms with Gasteiger partial charge >= 0.3 is 0 Å². The van der Waals surface area contributed by atoms with Gasteiger partial charge in [-0.25, -0.2) is 0 Å². The van der Waals surface area contributed by atoms with E-state index in [4.69, 9.17) is 23.8 Å². The lowest BCUT2D eigenvalue weighted by Gasteiger charge is -2.26. The van der Waals surface area contributed by atoms with Crippen LogP contribution in [0, 0.1) is 6.92 Å². The maximum Gasteiger partial charge on any atom is 0.173 e. The van der Waals surface area contributed by atoms with Crippen LogP contribution in [-0.4, -0.2) is 36.2 Å². The van der Waals surface area contributed by atoms with Gasteiger partial charge in [0.2, 0.25) is 0 Å². The maximum atomic E-state index is 6.25. The van der Waals surface area contributed by atoms with Crippen LogP contribution in [0.25, 0.3) is 0 Å². The Hall–Kier alpha value is -1.14. The van der Waals surface area contributed by atoms with Crippen molar-refractivity contribution in [2.24, 2.45) is 0 Å². The molecular formula is C20H27ClN3S2+. The Morgan fingerprint density at radius 3 is 2.81 bits per heavy atom. The number of benzene rings is 1. The lowest BCUT2D eigenvalue weighted by Crippen LogP contribution is -3.10. The molecule has 0 saturated carbocycles. The summed E-state index contributed by atoms with van der Waals surface area (Å²) in [6, 6.07) is 10.3. The molecule has 2 aromatic rings. The first-order valence-corrected chi connectivity index (χ1v) is 11.0. The van der Waals surface area contributed by atoms with E-state index >= 15 is 0 Å². The number of likely N-dealkylation sites (tertiary alicyclic amines) is 1. The van der Waals surface area contributed by atoms with Crippen LogP contribution in [0.3, 0.4) is 0 Å². The molecule has 6 heteroatoms. The van der Waals surface area contributed by atoms with Crippen LogP contribution in [0.1, 0.15) is 29.7 Å². The molecule has 1 fully saturated rings. The van der Waals surface area contributed by atoms with Gasteiger partial charge in [0.25, 0.3) is 0 Å². The smallest absolute Gasteiger partial charge is 0.173 e. The largest absolute Gasteiger partial charge is 0.344 e. The average Bonchev–Trinajstić information content (AvgIpc) is 3.31. The van der Waals surface area contributed by atoms with Crippen molar-refractivity contribution in [3.63, 3.8) is 0 Å². The first-order chi connectivity index (χ1) is 12.6. The molecule has 2 heterocycles. The molecule has 0 aliphatic carbocycles. The number of nitrogens with zero attached hydrogens (tertiary/aromatic N) is 1. The van der Waals surface area contributed by atoms with Crippen LogP contribution in [-0.2, 0) is 6.54 Å². The average molecular weight is 409 g/mol. The molecule has 0 radical (unpaired) electrons. The summed E-state index contributed by atoms with van der Waals surface area (Å²) < 4.78 is 0. The van der Waals surface area contributed by atoms with Crippen LogP contribution >= 0.6 is 35.2 Å². The number of thiocarbonyl (C=S) groups is 1. The fraction of sp³-hybridized carbons (Fsp3) is 0.450. The van der Waals surface area contributed by atoms with Crippen molar-refractivity contribution in [1.82, 2.24) is 4.90 Å². The second kappa shape index (κ2) is 9.70. The number of nitrogens with one attached hydrogen (secondary N) is 2. The molecule has 0 atom stereocenters.